The Hall–Kier alpha value is -2.33. The zero-order chi connectivity index (χ0) is 15.2. The van der Waals surface area contributed by atoms with E-state index in [9.17, 15) is 9.90 Å². The molecule has 0 atom stereocenters. The van der Waals surface area contributed by atoms with Gasteiger partial charge in [-0.05, 0) is 37.1 Å². The first-order valence-corrected chi connectivity index (χ1v) is 6.80. The van der Waals surface area contributed by atoms with E-state index in [1.807, 2.05) is 24.3 Å². The normalized spacial score (nSPS) is 10.4. The highest BCUT2D eigenvalue weighted by Crippen LogP contribution is 2.22. The van der Waals surface area contributed by atoms with Crippen LogP contribution in [0, 0.1) is 6.92 Å². The average molecular weight is 285 g/mol. The standard InChI is InChI=1S/C17H19NO3/c1-12-14(7-5-9-16(12)19)17(20)18-15-8-4-3-6-13(15)10-11-21-2/h3-9,19H,10-11H2,1-2H3,(H,18,20). The van der Waals surface area contributed by atoms with Crippen molar-refractivity contribution in [1.29, 1.82) is 0 Å². The van der Waals surface area contributed by atoms with Crippen molar-refractivity contribution in [3.8, 4) is 5.75 Å². The Morgan fingerprint density at radius 2 is 1.95 bits per heavy atom. The first kappa shape index (κ1) is 15.1. The second-order valence-electron chi connectivity index (χ2n) is 4.80. The van der Waals surface area contributed by atoms with Crippen LogP contribution in [-0.4, -0.2) is 24.7 Å². The van der Waals surface area contributed by atoms with Crippen LogP contribution in [0.25, 0.3) is 0 Å². The minimum Gasteiger partial charge on any atom is -0.508 e. The van der Waals surface area contributed by atoms with Crippen molar-refractivity contribution in [2.24, 2.45) is 0 Å². The van der Waals surface area contributed by atoms with Gasteiger partial charge in [-0.15, -0.1) is 0 Å². The Morgan fingerprint density at radius 3 is 2.71 bits per heavy atom. The van der Waals surface area contributed by atoms with Gasteiger partial charge in [0, 0.05) is 23.9 Å². The molecule has 0 saturated carbocycles. The zero-order valence-electron chi connectivity index (χ0n) is 12.2. The van der Waals surface area contributed by atoms with Gasteiger partial charge in [0.05, 0.1) is 6.61 Å². The summed E-state index contributed by atoms with van der Waals surface area (Å²) in [7, 11) is 1.65. The molecule has 0 heterocycles. The maximum atomic E-state index is 12.4. The van der Waals surface area contributed by atoms with Crippen LogP contribution in [-0.2, 0) is 11.2 Å². The lowest BCUT2D eigenvalue weighted by Crippen LogP contribution is -2.15. The molecule has 2 N–H and O–H groups in total. The molecule has 1 amide bonds. The van der Waals surface area contributed by atoms with Crippen LogP contribution < -0.4 is 5.32 Å². The molecule has 0 aromatic heterocycles. The lowest BCUT2D eigenvalue weighted by Gasteiger charge is -2.12. The molecule has 0 aliphatic heterocycles. The smallest absolute Gasteiger partial charge is 0.256 e. The van der Waals surface area contributed by atoms with Crippen LogP contribution in [0.5, 0.6) is 5.75 Å². The van der Waals surface area contributed by atoms with Crippen LogP contribution in [0.15, 0.2) is 42.5 Å². The van der Waals surface area contributed by atoms with Crippen molar-refractivity contribution in [3.63, 3.8) is 0 Å². The number of ether oxygens (including phenoxy) is 1. The molecule has 0 bridgehead atoms. The third kappa shape index (κ3) is 3.61. The number of aromatic hydroxyl groups is 1. The molecule has 2 aromatic carbocycles. The van der Waals surface area contributed by atoms with Crippen molar-refractivity contribution in [2.45, 2.75) is 13.3 Å². The number of nitrogens with one attached hydrogen (secondary N) is 1. The molecule has 2 rings (SSSR count). The monoisotopic (exact) mass is 285 g/mol. The van der Waals surface area contributed by atoms with E-state index in [4.69, 9.17) is 4.74 Å². The van der Waals surface area contributed by atoms with Gasteiger partial charge in [-0.1, -0.05) is 24.3 Å². The molecule has 0 unspecified atom stereocenters. The van der Waals surface area contributed by atoms with Crippen molar-refractivity contribution >= 4 is 11.6 Å². The lowest BCUT2D eigenvalue weighted by atomic mass is 10.1. The Kier molecular flexibility index (Phi) is 4.95. The fourth-order valence-corrected chi connectivity index (χ4v) is 2.13. The number of amides is 1. The summed E-state index contributed by atoms with van der Waals surface area (Å²) >= 11 is 0. The maximum absolute atomic E-state index is 12.4. The van der Waals surface area contributed by atoms with Crippen molar-refractivity contribution in [1.82, 2.24) is 0 Å². The summed E-state index contributed by atoms with van der Waals surface area (Å²) in [5.41, 5.74) is 2.83. The minimum atomic E-state index is -0.228. The summed E-state index contributed by atoms with van der Waals surface area (Å²) in [6.45, 7) is 2.32. The number of benzene rings is 2. The molecule has 110 valence electrons. The van der Waals surface area contributed by atoms with Crippen molar-refractivity contribution < 1.29 is 14.6 Å². The van der Waals surface area contributed by atoms with E-state index in [0.717, 1.165) is 17.7 Å². The zero-order valence-corrected chi connectivity index (χ0v) is 12.2. The van der Waals surface area contributed by atoms with Crippen LogP contribution in [0.3, 0.4) is 0 Å². The third-order valence-corrected chi connectivity index (χ3v) is 3.39. The number of hydrogen-bond acceptors (Lipinski definition) is 3. The summed E-state index contributed by atoms with van der Waals surface area (Å²) in [5.74, 6) is -0.108. The molecule has 0 saturated heterocycles. The van der Waals surface area contributed by atoms with Crippen LogP contribution >= 0.6 is 0 Å². The molecule has 0 radical (unpaired) electrons. The quantitative estimate of drug-likeness (QED) is 0.887. The number of methoxy groups -OCH3 is 1. The summed E-state index contributed by atoms with van der Waals surface area (Å²) in [5, 5.41) is 12.6. The van der Waals surface area contributed by atoms with Gasteiger partial charge in [0.15, 0.2) is 0 Å². The molecule has 21 heavy (non-hydrogen) atoms. The van der Waals surface area contributed by atoms with Gasteiger partial charge in [-0.3, -0.25) is 4.79 Å². The van der Waals surface area contributed by atoms with E-state index in [1.165, 1.54) is 0 Å². The topological polar surface area (TPSA) is 58.6 Å². The Bertz CT molecular complexity index is 638. The van der Waals surface area contributed by atoms with Crippen molar-refractivity contribution in [2.75, 3.05) is 19.0 Å². The Morgan fingerprint density at radius 1 is 1.19 bits per heavy atom. The van der Waals surface area contributed by atoms with Crippen LogP contribution in [0.2, 0.25) is 0 Å². The fourth-order valence-electron chi connectivity index (χ4n) is 2.13. The molecule has 4 nitrogen and oxygen atoms in total. The number of para-hydroxylation sites is 1. The van der Waals surface area contributed by atoms with E-state index >= 15 is 0 Å². The largest absolute Gasteiger partial charge is 0.508 e. The maximum Gasteiger partial charge on any atom is 0.256 e. The van der Waals surface area contributed by atoms with Crippen molar-refractivity contribution in [3.05, 3.63) is 59.2 Å². The Labute approximate surface area is 124 Å². The number of anilines is 1. The van der Waals surface area contributed by atoms with Gasteiger partial charge in [-0.2, -0.15) is 0 Å². The SMILES string of the molecule is COCCc1ccccc1NC(=O)c1cccc(O)c1C. The molecule has 0 fully saturated rings. The highest BCUT2D eigenvalue weighted by molar-refractivity contribution is 6.06. The second kappa shape index (κ2) is 6.90. The van der Waals surface area contributed by atoms with Gasteiger partial charge in [-0.25, -0.2) is 0 Å². The highest BCUT2D eigenvalue weighted by Gasteiger charge is 2.13. The number of carbonyl (C=O) groups is 1. The first-order chi connectivity index (χ1) is 10.1. The van der Waals surface area contributed by atoms with Gasteiger partial charge < -0.3 is 15.2 Å². The number of hydrogen-bond donors (Lipinski definition) is 2. The van der Waals surface area contributed by atoms with Gasteiger partial charge in [0.25, 0.3) is 5.91 Å². The minimum absolute atomic E-state index is 0.121. The summed E-state index contributed by atoms with van der Waals surface area (Å²) in [4.78, 5) is 12.4. The molecule has 0 aliphatic carbocycles. The second-order valence-corrected chi connectivity index (χ2v) is 4.80. The van der Waals surface area contributed by atoms with Crippen LogP contribution in [0.1, 0.15) is 21.5 Å². The highest BCUT2D eigenvalue weighted by atomic mass is 16.5. The van der Waals surface area contributed by atoms with E-state index in [0.29, 0.717) is 17.7 Å². The van der Waals surface area contributed by atoms with E-state index < -0.39 is 0 Å². The average Bonchev–Trinajstić information content (AvgIpc) is 2.49. The van der Waals surface area contributed by atoms with E-state index in [1.54, 1.807) is 32.2 Å². The van der Waals surface area contributed by atoms with E-state index in [2.05, 4.69) is 5.32 Å². The van der Waals surface area contributed by atoms with Gasteiger partial charge in [0.1, 0.15) is 5.75 Å². The lowest BCUT2D eigenvalue weighted by molar-refractivity contribution is 0.102. The number of phenolic OH excluding ortho intramolecular Hbond substituents is 1. The number of phenols is 1. The summed E-state index contributed by atoms with van der Waals surface area (Å²) in [6.07, 6.45) is 0.728. The number of carbonyl (C=O) groups excluding carboxylic acids is 1. The van der Waals surface area contributed by atoms with E-state index in [-0.39, 0.29) is 11.7 Å². The molecule has 2 aromatic rings. The summed E-state index contributed by atoms with van der Waals surface area (Å²) in [6, 6.07) is 12.6. The molecular formula is C17H19NO3. The van der Waals surface area contributed by atoms with Crippen LogP contribution in [0.4, 0.5) is 5.69 Å². The Balaban J connectivity index is 2.22. The predicted octanol–water partition coefficient (Wildman–Crippen LogP) is 3.14. The number of rotatable bonds is 5. The first-order valence-electron chi connectivity index (χ1n) is 6.80. The van der Waals surface area contributed by atoms with Gasteiger partial charge >= 0.3 is 0 Å². The summed E-state index contributed by atoms with van der Waals surface area (Å²) < 4.78 is 5.08. The third-order valence-electron chi connectivity index (χ3n) is 3.39. The van der Waals surface area contributed by atoms with Gasteiger partial charge in [0.2, 0.25) is 0 Å². The fraction of sp³-hybridized carbons (Fsp3) is 0.235. The molecule has 4 heteroatoms. The predicted molar refractivity (Wildman–Crippen MR) is 82.8 cm³/mol. The molecular weight excluding hydrogens is 266 g/mol. The molecule has 0 spiro atoms. The molecule has 0 aliphatic rings.